The molecule has 4 nitrogen and oxygen atoms in total. The van der Waals surface area contributed by atoms with Gasteiger partial charge in [0.15, 0.2) is 0 Å². The van der Waals surface area contributed by atoms with Gasteiger partial charge in [-0.15, -0.1) is 0 Å². The van der Waals surface area contributed by atoms with Gasteiger partial charge in [0, 0.05) is 31.1 Å². The fourth-order valence-corrected chi connectivity index (χ4v) is 3.80. The summed E-state index contributed by atoms with van der Waals surface area (Å²) in [5.74, 6) is 1.37. The average Bonchev–Trinajstić information content (AvgIpc) is 3.06. The molecule has 0 aromatic carbocycles. The summed E-state index contributed by atoms with van der Waals surface area (Å²) in [5, 5.41) is 20.3. The molecule has 0 unspecified atom stereocenters. The summed E-state index contributed by atoms with van der Waals surface area (Å²) in [6, 6.07) is 0. The van der Waals surface area contributed by atoms with Crippen LogP contribution in [0.3, 0.4) is 0 Å². The van der Waals surface area contributed by atoms with E-state index in [0.29, 0.717) is 18.8 Å². The van der Waals surface area contributed by atoms with Crippen molar-refractivity contribution in [1.82, 2.24) is 0 Å². The normalized spacial score (nSPS) is 32.2. The van der Waals surface area contributed by atoms with Crippen molar-refractivity contribution in [2.75, 3.05) is 0 Å². The Kier molecular flexibility index (Phi) is 8.00. The quantitative estimate of drug-likeness (QED) is 0.364. The number of aliphatic hydroxyl groups excluding tert-OH is 2. The smallest absolute Gasteiger partial charge is 0.120 e. The van der Waals surface area contributed by atoms with Crippen LogP contribution in [0.25, 0.3) is 0 Å². The van der Waals surface area contributed by atoms with E-state index < -0.39 is 6.10 Å². The molecule has 0 radical (unpaired) electrons. The highest BCUT2D eigenvalue weighted by Crippen LogP contribution is 2.45. The zero-order valence-electron chi connectivity index (χ0n) is 14.8. The molecule has 1 saturated heterocycles. The Balaban J connectivity index is 1.84. The molecular weight excluding hydrogens is 304 g/mol. The molecule has 2 rings (SSSR count). The number of aldehydes is 1. The number of fused-ring (bicyclic) bond motifs is 1. The van der Waals surface area contributed by atoms with Gasteiger partial charge >= 0.3 is 0 Å². The first-order valence-corrected chi connectivity index (χ1v) is 9.49. The van der Waals surface area contributed by atoms with Crippen LogP contribution in [0.15, 0.2) is 24.0 Å². The second kappa shape index (κ2) is 10.00. The van der Waals surface area contributed by atoms with E-state index in [-0.39, 0.29) is 18.1 Å². The maximum atomic E-state index is 10.3. The molecule has 1 aliphatic carbocycles. The lowest BCUT2D eigenvalue weighted by Gasteiger charge is -2.16. The van der Waals surface area contributed by atoms with Gasteiger partial charge in [-0.1, -0.05) is 38.3 Å². The zero-order chi connectivity index (χ0) is 17.4. The topological polar surface area (TPSA) is 66.8 Å². The molecule has 0 aromatic heterocycles. The fraction of sp³-hybridized carbons (Fsp3) is 0.750. The second-order valence-corrected chi connectivity index (χ2v) is 7.12. The molecule has 1 aliphatic heterocycles. The van der Waals surface area contributed by atoms with E-state index >= 15 is 0 Å². The maximum Gasteiger partial charge on any atom is 0.120 e. The molecule has 24 heavy (non-hydrogen) atoms. The highest BCUT2D eigenvalue weighted by molar-refractivity contribution is 5.49. The number of unbranched alkanes of at least 4 members (excludes halogenated alkanes) is 4. The van der Waals surface area contributed by atoms with Crippen molar-refractivity contribution in [3.8, 4) is 0 Å². The molecule has 0 amide bonds. The lowest BCUT2D eigenvalue weighted by atomic mass is 9.90. The largest absolute Gasteiger partial charge is 0.495 e. The van der Waals surface area contributed by atoms with Crippen LogP contribution in [0.5, 0.6) is 0 Å². The summed E-state index contributed by atoms with van der Waals surface area (Å²) in [4.78, 5) is 10.3. The summed E-state index contributed by atoms with van der Waals surface area (Å²) >= 11 is 0. The van der Waals surface area contributed by atoms with Gasteiger partial charge in [-0.3, -0.25) is 0 Å². The minimum atomic E-state index is -0.413. The summed E-state index contributed by atoms with van der Waals surface area (Å²) in [7, 11) is 0. The molecule has 0 aromatic rings. The van der Waals surface area contributed by atoms with E-state index in [2.05, 4.69) is 13.0 Å². The van der Waals surface area contributed by atoms with Crippen molar-refractivity contribution < 1.29 is 19.7 Å². The van der Waals surface area contributed by atoms with Gasteiger partial charge in [0.05, 0.1) is 18.0 Å². The molecule has 5 atom stereocenters. The highest BCUT2D eigenvalue weighted by Gasteiger charge is 2.46. The summed E-state index contributed by atoms with van der Waals surface area (Å²) in [5.41, 5.74) is 0. The van der Waals surface area contributed by atoms with Crippen molar-refractivity contribution in [2.24, 2.45) is 11.8 Å². The van der Waals surface area contributed by atoms with Crippen LogP contribution in [0.2, 0.25) is 0 Å². The Bertz CT molecular complexity index is 443. The Morgan fingerprint density at radius 2 is 2.12 bits per heavy atom. The van der Waals surface area contributed by atoms with E-state index in [1.807, 2.05) is 12.2 Å². The van der Waals surface area contributed by atoms with E-state index in [4.69, 9.17) is 4.74 Å². The van der Waals surface area contributed by atoms with Gasteiger partial charge < -0.3 is 19.7 Å². The summed E-state index contributed by atoms with van der Waals surface area (Å²) in [6.07, 6.45) is 14.2. The number of hydrogen-bond donors (Lipinski definition) is 2. The van der Waals surface area contributed by atoms with Gasteiger partial charge in [-0.05, 0) is 25.3 Å². The van der Waals surface area contributed by atoms with Crippen LogP contribution in [0.4, 0.5) is 0 Å². The molecular formula is C20H32O4. The lowest BCUT2D eigenvalue weighted by molar-refractivity contribution is -0.107. The molecule has 0 spiro atoms. The molecule has 2 N–H and O–H groups in total. The van der Waals surface area contributed by atoms with E-state index in [1.165, 1.54) is 0 Å². The fourth-order valence-electron chi connectivity index (χ4n) is 3.80. The summed E-state index contributed by atoms with van der Waals surface area (Å²) < 4.78 is 5.97. The monoisotopic (exact) mass is 336 g/mol. The molecule has 2 aliphatic rings. The van der Waals surface area contributed by atoms with Crippen LogP contribution in [-0.2, 0) is 9.53 Å². The molecule has 2 fully saturated rings. The first-order valence-electron chi connectivity index (χ1n) is 9.49. The minimum Gasteiger partial charge on any atom is -0.495 e. The first-order chi connectivity index (χ1) is 11.7. The molecule has 136 valence electrons. The zero-order valence-corrected chi connectivity index (χ0v) is 14.8. The Morgan fingerprint density at radius 3 is 2.88 bits per heavy atom. The number of allylic oxidation sites excluding steroid dienone is 2. The van der Waals surface area contributed by atoms with Crippen molar-refractivity contribution in [3.63, 3.8) is 0 Å². The van der Waals surface area contributed by atoms with Crippen molar-refractivity contribution in [1.29, 1.82) is 0 Å². The first kappa shape index (κ1) is 19.2. The van der Waals surface area contributed by atoms with Gasteiger partial charge in [0.25, 0.3) is 0 Å². The van der Waals surface area contributed by atoms with Gasteiger partial charge in [-0.2, -0.15) is 0 Å². The average molecular weight is 336 g/mol. The van der Waals surface area contributed by atoms with Crippen LogP contribution in [0.1, 0.15) is 64.7 Å². The van der Waals surface area contributed by atoms with Crippen LogP contribution in [-0.4, -0.2) is 34.8 Å². The minimum absolute atomic E-state index is 0.0664. The molecule has 1 saturated carbocycles. The van der Waals surface area contributed by atoms with E-state index in [0.717, 1.165) is 57.0 Å². The van der Waals surface area contributed by atoms with Crippen LogP contribution < -0.4 is 0 Å². The van der Waals surface area contributed by atoms with Gasteiger partial charge in [-0.25, -0.2) is 0 Å². The number of carbonyl (C=O) groups excluding carboxylic acids is 1. The SMILES string of the molecule is CCCCC[C@H](O)/C=C/[C@@H]1[C@H]2C/C(=C/CCCC=O)O[C@H]2C[C@H]1O. The Hall–Kier alpha value is -1.13. The third kappa shape index (κ3) is 5.45. The van der Waals surface area contributed by atoms with Crippen LogP contribution in [0, 0.1) is 11.8 Å². The third-order valence-corrected chi connectivity index (χ3v) is 5.19. The van der Waals surface area contributed by atoms with E-state index in [1.54, 1.807) is 0 Å². The predicted octanol–water partition coefficient (Wildman–Crippen LogP) is 3.52. The van der Waals surface area contributed by atoms with Gasteiger partial charge in [0.2, 0.25) is 0 Å². The number of hydrogen-bond acceptors (Lipinski definition) is 4. The second-order valence-electron chi connectivity index (χ2n) is 7.12. The Labute approximate surface area is 145 Å². The molecule has 4 heteroatoms. The van der Waals surface area contributed by atoms with E-state index in [9.17, 15) is 15.0 Å². The number of carbonyl (C=O) groups is 1. The van der Waals surface area contributed by atoms with Crippen LogP contribution >= 0.6 is 0 Å². The number of aliphatic hydroxyl groups is 2. The number of ether oxygens (including phenoxy) is 1. The van der Waals surface area contributed by atoms with Crippen molar-refractivity contribution >= 4 is 6.29 Å². The molecule has 1 heterocycles. The summed E-state index contributed by atoms with van der Waals surface area (Å²) in [6.45, 7) is 2.15. The number of rotatable bonds is 10. The third-order valence-electron chi connectivity index (χ3n) is 5.19. The molecule has 0 bridgehead atoms. The van der Waals surface area contributed by atoms with Gasteiger partial charge in [0.1, 0.15) is 12.4 Å². The van der Waals surface area contributed by atoms with Crippen molar-refractivity contribution in [3.05, 3.63) is 24.0 Å². The highest BCUT2D eigenvalue weighted by atomic mass is 16.5. The standard InChI is InChI=1S/C20H32O4/c1-2-3-5-8-15(22)10-11-17-18-13-16(9-6-4-7-12-21)24-20(18)14-19(17)23/h9-12,15,17-20,22-23H,2-8,13-14H2,1H3/b11-10+,16-9-/t15-,17+,18+,19+,20-/m0/s1. The lowest BCUT2D eigenvalue weighted by Crippen LogP contribution is -2.18. The predicted molar refractivity (Wildman–Crippen MR) is 94.4 cm³/mol. The van der Waals surface area contributed by atoms with Crippen molar-refractivity contribution in [2.45, 2.75) is 83.0 Å². The Morgan fingerprint density at radius 1 is 1.29 bits per heavy atom. The maximum absolute atomic E-state index is 10.3.